The molecule has 11 rings (SSSR count). The van der Waals surface area contributed by atoms with Crippen molar-refractivity contribution >= 4 is 43.9 Å². The standard InChI is InChI=1S/C48H34O2/c1-47(2)32-15-7-14-31(25-32)36-23-28(24-41-43(36)45-40(50-41)22-21-35(46(45)47)29-11-5-4-6-12-29)27-48(3)33-16-8-13-30(26-33)34-17-9-19-38-42(34)44-37(48)18-10-20-39(44)49-38/h4-26H,27H2,1-3H3. The molecule has 7 aromatic carbocycles. The van der Waals surface area contributed by atoms with Crippen LogP contribution in [0, 0.1) is 0 Å². The van der Waals surface area contributed by atoms with E-state index in [-0.39, 0.29) is 10.8 Å². The Bertz CT molecular complexity index is 2880. The minimum atomic E-state index is -0.330. The average Bonchev–Trinajstić information content (AvgIpc) is 3.72. The molecule has 0 fully saturated rings. The number of hydrogen-bond donors (Lipinski definition) is 0. The van der Waals surface area contributed by atoms with Gasteiger partial charge in [0.05, 0.1) is 0 Å². The van der Waals surface area contributed by atoms with Gasteiger partial charge in [0.15, 0.2) is 0 Å². The smallest absolute Gasteiger partial charge is 0.136 e. The molecule has 0 aliphatic heterocycles. The molecule has 1 unspecified atom stereocenters. The molecule has 2 heterocycles. The van der Waals surface area contributed by atoms with E-state index in [0.717, 1.165) is 28.8 Å². The van der Waals surface area contributed by atoms with Crippen LogP contribution in [-0.2, 0) is 17.3 Å². The van der Waals surface area contributed by atoms with E-state index in [9.17, 15) is 0 Å². The van der Waals surface area contributed by atoms with Gasteiger partial charge in [-0.3, -0.25) is 0 Å². The summed E-state index contributed by atoms with van der Waals surface area (Å²) in [4.78, 5) is 0. The topological polar surface area (TPSA) is 26.3 Å². The van der Waals surface area contributed by atoms with E-state index in [1.165, 1.54) is 82.7 Å². The fourth-order valence-corrected chi connectivity index (χ4v) is 9.46. The van der Waals surface area contributed by atoms with Crippen LogP contribution in [0.2, 0.25) is 0 Å². The summed E-state index contributed by atoms with van der Waals surface area (Å²) in [6.45, 7) is 7.13. The summed E-state index contributed by atoms with van der Waals surface area (Å²) in [5.74, 6) is 0. The SMILES string of the molecule is CC1(C)c2cccc(c2)-c2cc(CC3(C)c4cccc(c4)-c4cccc5oc6cccc3c6c45)cc3oc4ccc(-c5ccccc5)c1c4c23. The molecule has 0 radical (unpaired) electrons. The maximum atomic E-state index is 6.90. The lowest BCUT2D eigenvalue weighted by Crippen LogP contribution is -2.27. The molecule has 0 N–H and O–H groups in total. The van der Waals surface area contributed by atoms with Crippen LogP contribution in [0.5, 0.6) is 0 Å². The molecule has 2 aromatic heterocycles. The highest BCUT2D eigenvalue weighted by atomic mass is 16.3. The van der Waals surface area contributed by atoms with Crippen LogP contribution < -0.4 is 0 Å². The average molecular weight is 643 g/mol. The fourth-order valence-electron chi connectivity index (χ4n) is 9.46. The van der Waals surface area contributed by atoms with E-state index in [1.807, 2.05) is 0 Å². The quantitative estimate of drug-likeness (QED) is 0.192. The highest BCUT2D eigenvalue weighted by Crippen LogP contribution is 2.52. The minimum Gasteiger partial charge on any atom is -0.456 e. The molecule has 0 spiro atoms. The summed E-state index contributed by atoms with van der Waals surface area (Å²) in [5.41, 5.74) is 17.1. The van der Waals surface area contributed by atoms with Gasteiger partial charge in [-0.2, -0.15) is 0 Å². The van der Waals surface area contributed by atoms with Crippen molar-refractivity contribution in [3.8, 4) is 33.4 Å². The molecule has 4 bridgehead atoms. The van der Waals surface area contributed by atoms with Crippen LogP contribution in [0.1, 0.15) is 48.6 Å². The Hall–Kier alpha value is -5.86. The fraction of sp³-hybridized carbons (Fsp3) is 0.125. The lowest BCUT2D eigenvalue weighted by atomic mass is 9.68. The van der Waals surface area contributed by atoms with Gasteiger partial charge in [0.1, 0.15) is 22.3 Å². The molecule has 2 aliphatic carbocycles. The predicted molar refractivity (Wildman–Crippen MR) is 206 cm³/mol. The monoisotopic (exact) mass is 642 g/mol. The molecule has 238 valence electrons. The minimum absolute atomic E-state index is 0.240. The normalized spacial score (nSPS) is 17.0. The Morgan fingerprint density at radius 3 is 1.92 bits per heavy atom. The Labute approximate surface area is 290 Å². The molecule has 50 heavy (non-hydrogen) atoms. The third kappa shape index (κ3) is 3.63. The molecule has 2 nitrogen and oxygen atoms in total. The van der Waals surface area contributed by atoms with Gasteiger partial charge in [-0.1, -0.05) is 136 Å². The zero-order valence-electron chi connectivity index (χ0n) is 28.3. The number of benzene rings is 7. The largest absolute Gasteiger partial charge is 0.456 e. The van der Waals surface area contributed by atoms with Gasteiger partial charge in [0, 0.05) is 32.4 Å². The number of fused-ring (bicyclic) bond motifs is 6. The number of hydrogen-bond acceptors (Lipinski definition) is 2. The van der Waals surface area contributed by atoms with E-state index in [2.05, 4.69) is 160 Å². The van der Waals surface area contributed by atoms with Crippen molar-refractivity contribution in [3.05, 3.63) is 167 Å². The van der Waals surface area contributed by atoms with Crippen molar-refractivity contribution in [2.45, 2.75) is 38.0 Å². The lowest BCUT2D eigenvalue weighted by Gasteiger charge is -2.34. The second-order valence-electron chi connectivity index (χ2n) is 15.1. The molecule has 0 saturated carbocycles. The molecule has 2 aliphatic rings. The van der Waals surface area contributed by atoms with Gasteiger partial charge in [0.25, 0.3) is 0 Å². The first-order valence-corrected chi connectivity index (χ1v) is 17.6. The summed E-state index contributed by atoms with van der Waals surface area (Å²) < 4.78 is 13.4. The van der Waals surface area contributed by atoms with Crippen LogP contribution in [0.4, 0.5) is 0 Å². The maximum absolute atomic E-state index is 6.90. The van der Waals surface area contributed by atoms with Crippen LogP contribution >= 0.6 is 0 Å². The zero-order valence-corrected chi connectivity index (χ0v) is 28.3. The second kappa shape index (κ2) is 9.64. The van der Waals surface area contributed by atoms with E-state index >= 15 is 0 Å². The van der Waals surface area contributed by atoms with Crippen LogP contribution in [-0.4, -0.2) is 0 Å². The van der Waals surface area contributed by atoms with Crippen molar-refractivity contribution in [2.75, 3.05) is 0 Å². The Balaban J connectivity index is 1.20. The van der Waals surface area contributed by atoms with Gasteiger partial charge in [0.2, 0.25) is 0 Å². The van der Waals surface area contributed by atoms with Gasteiger partial charge in [-0.05, 0) is 91.9 Å². The summed E-state index contributed by atoms with van der Waals surface area (Å²) in [6.07, 6.45) is 0.803. The van der Waals surface area contributed by atoms with Gasteiger partial charge < -0.3 is 8.83 Å². The number of rotatable bonds is 3. The van der Waals surface area contributed by atoms with Gasteiger partial charge >= 0.3 is 0 Å². The first-order chi connectivity index (χ1) is 24.4. The van der Waals surface area contributed by atoms with Crippen LogP contribution in [0.3, 0.4) is 0 Å². The van der Waals surface area contributed by atoms with Crippen molar-refractivity contribution in [1.82, 2.24) is 0 Å². The molecular formula is C48H34O2. The zero-order chi connectivity index (χ0) is 33.4. The highest BCUT2D eigenvalue weighted by Gasteiger charge is 2.37. The molecule has 9 aromatic rings. The van der Waals surface area contributed by atoms with Crippen molar-refractivity contribution < 1.29 is 8.83 Å². The van der Waals surface area contributed by atoms with Crippen molar-refractivity contribution in [2.24, 2.45) is 0 Å². The first-order valence-electron chi connectivity index (χ1n) is 17.6. The van der Waals surface area contributed by atoms with Crippen molar-refractivity contribution in [3.63, 3.8) is 0 Å². The summed E-state index contributed by atoms with van der Waals surface area (Å²) >= 11 is 0. The lowest BCUT2D eigenvalue weighted by molar-refractivity contribution is 0.571. The van der Waals surface area contributed by atoms with Crippen LogP contribution in [0.25, 0.3) is 77.3 Å². The van der Waals surface area contributed by atoms with Gasteiger partial charge in [-0.25, -0.2) is 0 Å². The van der Waals surface area contributed by atoms with Crippen molar-refractivity contribution in [1.29, 1.82) is 0 Å². The third-order valence-corrected chi connectivity index (χ3v) is 11.9. The molecule has 0 amide bonds. The molecular weight excluding hydrogens is 609 g/mol. The summed E-state index contributed by atoms with van der Waals surface area (Å²) in [5, 5.41) is 4.86. The molecule has 0 saturated heterocycles. The third-order valence-electron chi connectivity index (χ3n) is 11.9. The predicted octanol–water partition coefficient (Wildman–Crippen LogP) is 13.0. The Kier molecular flexibility index (Phi) is 5.40. The van der Waals surface area contributed by atoms with E-state index in [0.29, 0.717) is 0 Å². The molecule has 2 heteroatoms. The van der Waals surface area contributed by atoms with Gasteiger partial charge in [-0.15, -0.1) is 0 Å². The first kappa shape index (κ1) is 28.0. The number of furan rings is 2. The highest BCUT2D eigenvalue weighted by molar-refractivity contribution is 6.17. The van der Waals surface area contributed by atoms with E-state index < -0.39 is 0 Å². The maximum Gasteiger partial charge on any atom is 0.136 e. The molecule has 1 atom stereocenters. The van der Waals surface area contributed by atoms with E-state index in [1.54, 1.807) is 0 Å². The van der Waals surface area contributed by atoms with E-state index in [4.69, 9.17) is 8.83 Å². The van der Waals surface area contributed by atoms with Crippen LogP contribution in [0.15, 0.2) is 148 Å². The summed E-state index contributed by atoms with van der Waals surface area (Å²) in [7, 11) is 0. The summed E-state index contributed by atoms with van der Waals surface area (Å²) in [6, 6.07) is 51.4. The Morgan fingerprint density at radius 2 is 1.08 bits per heavy atom. The second-order valence-corrected chi connectivity index (χ2v) is 15.1. The Morgan fingerprint density at radius 1 is 0.440 bits per heavy atom.